The lowest BCUT2D eigenvalue weighted by atomic mass is 10.1. The van der Waals surface area contributed by atoms with E-state index in [0.717, 1.165) is 11.3 Å². The molecule has 0 radical (unpaired) electrons. The zero-order valence-corrected chi connectivity index (χ0v) is 19.3. The third-order valence-corrected chi connectivity index (χ3v) is 5.36. The van der Waals surface area contributed by atoms with Gasteiger partial charge in [0.1, 0.15) is 17.2 Å². The minimum absolute atomic E-state index is 0.0350. The van der Waals surface area contributed by atoms with Crippen LogP contribution < -0.4 is 15.4 Å². The van der Waals surface area contributed by atoms with Crippen LogP contribution in [0.5, 0.6) is 11.5 Å². The molecular formula is C27H26N4O4. The molecular weight excluding hydrogens is 444 g/mol. The van der Waals surface area contributed by atoms with Gasteiger partial charge in [0.05, 0.1) is 18.4 Å². The summed E-state index contributed by atoms with van der Waals surface area (Å²) in [5.74, 6) is 0.166. The Hall–Kier alpha value is -4.59. The van der Waals surface area contributed by atoms with E-state index in [1.165, 1.54) is 12.1 Å². The molecule has 0 saturated carbocycles. The second-order valence-electron chi connectivity index (χ2n) is 7.82. The fourth-order valence-electron chi connectivity index (χ4n) is 3.57. The standard InChI is InChI=1S/C27H26N4O4/c1-35-23-13-6-8-19(17-23)25-24(18-31(30-25)21-10-3-2-4-11-21)27(34)29-15-7-14-28-26(33)20-9-5-12-22(32)16-20/h2-6,8-13,16-18,32H,7,14-15H2,1H3,(H,28,33)(H,29,34). The Bertz CT molecular complexity index is 1320. The summed E-state index contributed by atoms with van der Waals surface area (Å²) in [4.78, 5) is 25.3. The van der Waals surface area contributed by atoms with Gasteiger partial charge in [-0.05, 0) is 48.9 Å². The molecule has 1 heterocycles. The monoisotopic (exact) mass is 470 g/mol. The zero-order valence-electron chi connectivity index (χ0n) is 19.3. The van der Waals surface area contributed by atoms with Crippen LogP contribution in [0.15, 0.2) is 85.1 Å². The molecule has 8 heteroatoms. The molecule has 3 N–H and O–H groups in total. The molecule has 0 unspecified atom stereocenters. The van der Waals surface area contributed by atoms with Gasteiger partial charge >= 0.3 is 0 Å². The lowest BCUT2D eigenvalue weighted by Crippen LogP contribution is -2.30. The SMILES string of the molecule is COc1cccc(-c2nn(-c3ccccc3)cc2C(=O)NCCCNC(=O)c2cccc(O)c2)c1. The fraction of sp³-hybridized carbons (Fsp3) is 0.148. The first-order valence-corrected chi connectivity index (χ1v) is 11.2. The number of methoxy groups -OCH3 is 1. The van der Waals surface area contributed by atoms with Gasteiger partial charge in [-0.1, -0.05) is 36.4 Å². The summed E-state index contributed by atoms with van der Waals surface area (Å²) in [6.45, 7) is 0.744. The third-order valence-electron chi connectivity index (χ3n) is 5.36. The van der Waals surface area contributed by atoms with E-state index in [1.54, 1.807) is 30.1 Å². The summed E-state index contributed by atoms with van der Waals surface area (Å²) in [7, 11) is 1.59. The molecule has 0 aliphatic carbocycles. The summed E-state index contributed by atoms with van der Waals surface area (Å²) in [6.07, 6.45) is 2.25. The van der Waals surface area contributed by atoms with Crippen LogP contribution in [0.2, 0.25) is 0 Å². The van der Waals surface area contributed by atoms with Gasteiger partial charge in [-0.15, -0.1) is 0 Å². The summed E-state index contributed by atoms with van der Waals surface area (Å²) in [5.41, 5.74) is 2.96. The number of carbonyl (C=O) groups is 2. The summed E-state index contributed by atoms with van der Waals surface area (Å²) < 4.78 is 7.01. The maximum absolute atomic E-state index is 13.1. The predicted octanol–water partition coefficient (Wildman–Crippen LogP) is 3.80. The van der Waals surface area contributed by atoms with E-state index in [2.05, 4.69) is 15.7 Å². The number of hydrogen-bond donors (Lipinski definition) is 3. The average molecular weight is 471 g/mol. The van der Waals surface area contributed by atoms with Gasteiger partial charge in [0.2, 0.25) is 0 Å². The number of hydrogen-bond acceptors (Lipinski definition) is 5. The first kappa shape index (κ1) is 23.6. The van der Waals surface area contributed by atoms with Crippen molar-refractivity contribution in [2.24, 2.45) is 0 Å². The minimum atomic E-state index is -0.281. The van der Waals surface area contributed by atoms with Gasteiger partial charge < -0.3 is 20.5 Å². The van der Waals surface area contributed by atoms with E-state index in [9.17, 15) is 14.7 Å². The summed E-state index contributed by atoms with van der Waals surface area (Å²) >= 11 is 0. The number of ether oxygens (including phenoxy) is 1. The molecule has 35 heavy (non-hydrogen) atoms. The molecule has 8 nitrogen and oxygen atoms in total. The Morgan fingerprint density at radius 3 is 2.40 bits per heavy atom. The van der Waals surface area contributed by atoms with Crippen LogP contribution >= 0.6 is 0 Å². The maximum atomic E-state index is 13.1. The first-order chi connectivity index (χ1) is 17.0. The van der Waals surface area contributed by atoms with Gasteiger partial charge in [-0.3, -0.25) is 9.59 Å². The minimum Gasteiger partial charge on any atom is -0.508 e. The quantitative estimate of drug-likeness (QED) is 0.323. The Kier molecular flexibility index (Phi) is 7.42. The number of amides is 2. The summed E-state index contributed by atoms with van der Waals surface area (Å²) in [6, 6.07) is 23.1. The highest BCUT2D eigenvalue weighted by molar-refractivity contribution is 6.00. The highest BCUT2D eigenvalue weighted by Gasteiger charge is 2.19. The van der Waals surface area contributed by atoms with E-state index < -0.39 is 0 Å². The number of rotatable bonds is 9. The molecule has 4 rings (SSSR count). The first-order valence-electron chi connectivity index (χ1n) is 11.2. The smallest absolute Gasteiger partial charge is 0.255 e. The van der Waals surface area contributed by atoms with Crippen LogP contribution in [0.3, 0.4) is 0 Å². The van der Waals surface area contributed by atoms with Crippen LogP contribution in [-0.2, 0) is 0 Å². The van der Waals surface area contributed by atoms with Crippen molar-refractivity contribution in [1.82, 2.24) is 20.4 Å². The molecule has 0 aliphatic rings. The third kappa shape index (κ3) is 5.86. The molecule has 0 saturated heterocycles. The number of aromatic nitrogens is 2. The maximum Gasteiger partial charge on any atom is 0.255 e. The lowest BCUT2D eigenvalue weighted by molar-refractivity contribution is 0.0951. The largest absolute Gasteiger partial charge is 0.508 e. The van der Waals surface area contributed by atoms with Gasteiger partial charge in [-0.25, -0.2) is 4.68 Å². The summed E-state index contributed by atoms with van der Waals surface area (Å²) in [5, 5.41) is 19.9. The topological polar surface area (TPSA) is 105 Å². The Morgan fingerprint density at radius 1 is 0.914 bits per heavy atom. The van der Waals surface area contributed by atoms with Crippen molar-refractivity contribution in [1.29, 1.82) is 0 Å². The molecule has 0 bridgehead atoms. The van der Waals surface area contributed by atoms with Crippen LogP contribution in [0.25, 0.3) is 16.9 Å². The van der Waals surface area contributed by atoms with Crippen molar-refractivity contribution in [3.8, 4) is 28.4 Å². The van der Waals surface area contributed by atoms with E-state index >= 15 is 0 Å². The molecule has 0 spiro atoms. The number of para-hydroxylation sites is 1. The van der Waals surface area contributed by atoms with Crippen molar-refractivity contribution >= 4 is 11.8 Å². The predicted molar refractivity (Wildman–Crippen MR) is 133 cm³/mol. The zero-order chi connectivity index (χ0) is 24.6. The highest BCUT2D eigenvalue weighted by atomic mass is 16.5. The number of carbonyl (C=O) groups excluding carboxylic acids is 2. The number of aromatic hydroxyl groups is 1. The van der Waals surface area contributed by atoms with Gasteiger partial charge in [-0.2, -0.15) is 5.10 Å². The van der Waals surface area contributed by atoms with Crippen LogP contribution in [0.4, 0.5) is 0 Å². The van der Waals surface area contributed by atoms with Gasteiger partial charge in [0, 0.05) is 30.4 Å². The number of nitrogens with one attached hydrogen (secondary N) is 2. The number of benzene rings is 3. The molecule has 0 atom stereocenters. The molecule has 0 aliphatic heterocycles. The van der Waals surface area contributed by atoms with Crippen molar-refractivity contribution in [3.63, 3.8) is 0 Å². The van der Waals surface area contributed by atoms with Crippen LogP contribution in [0.1, 0.15) is 27.1 Å². The number of phenols is 1. The second kappa shape index (κ2) is 11.0. The molecule has 178 valence electrons. The highest BCUT2D eigenvalue weighted by Crippen LogP contribution is 2.27. The molecule has 3 aromatic carbocycles. The van der Waals surface area contributed by atoms with Gasteiger partial charge in [0.15, 0.2) is 0 Å². The van der Waals surface area contributed by atoms with E-state index in [0.29, 0.717) is 42.1 Å². The van der Waals surface area contributed by atoms with Crippen molar-refractivity contribution in [2.45, 2.75) is 6.42 Å². The molecule has 0 fully saturated rings. The number of nitrogens with zero attached hydrogens (tertiary/aromatic N) is 2. The van der Waals surface area contributed by atoms with Crippen LogP contribution in [-0.4, -0.2) is 46.9 Å². The lowest BCUT2D eigenvalue weighted by Gasteiger charge is -2.08. The Morgan fingerprint density at radius 2 is 1.66 bits per heavy atom. The van der Waals surface area contributed by atoms with Crippen LogP contribution in [0, 0.1) is 0 Å². The van der Waals surface area contributed by atoms with E-state index in [1.807, 2.05) is 54.6 Å². The normalized spacial score (nSPS) is 10.5. The number of phenolic OH excluding ortho intramolecular Hbond substituents is 1. The molecule has 2 amide bonds. The van der Waals surface area contributed by atoms with E-state index in [-0.39, 0.29) is 17.6 Å². The Balaban J connectivity index is 1.43. The fourth-order valence-corrected chi connectivity index (χ4v) is 3.57. The van der Waals surface area contributed by atoms with Crippen molar-refractivity contribution < 1.29 is 19.4 Å². The Labute approximate surface area is 203 Å². The molecule has 1 aromatic heterocycles. The average Bonchev–Trinajstić information content (AvgIpc) is 3.35. The van der Waals surface area contributed by atoms with E-state index in [4.69, 9.17) is 4.74 Å². The molecule has 4 aromatic rings. The van der Waals surface area contributed by atoms with Crippen molar-refractivity contribution in [3.05, 3.63) is 96.2 Å². The second-order valence-corrected chi connectivity index (χ2v) is 7.82. The van der Waals surface area contributed by atoms with Crippen molar-refractivity contribution in [2.75, 3.05) is 20.2 Å². The van der Waals surface area contributed by atoms with Gasteiger partial charge in [0.25, 0.3) is 11.8 Å².